The number of benzene rings is 3. The largest absolute Gasteiger partial charge is 0.494 e. The molecule has 3 aromatic carbocycles. The zero-order valence-electron chi connectivity index (χ0n) is 17.6. The van der Waals surface area contributed by atoms with Gasteiger partial charge in [-0.25, -0.2) is 0 Å². The van der Waals surface area contributed by atoms with Gasteiger partial charge in [0.1, 0.15) is 5.75 Å². The van der Waals surface area contributed by atoms with Crippen LogP contribution in [0.4, 0.5) is 11.4 Å². The first-order valence-electron chi connectivity index (χ1n) is 10.9. The van der Waals surface area contributed by atoms with Crippen LogP contribution < -0.4 is 15.4 Å². The number of rotatable bonds is 4. The van der Waals surface area contributed by atoms with Gasteiger partial charge in [0, 0.05) is 17.7 Å². The van der Waals surface area contributed by atoms with Gasteiger partial charge in [0.05, 0.1) is 24.0 Å². The van der Waals surface area contributed by atoms with Gasteiger partial charge >= 0.3 is 0 Å². The lowest BCUT2D eigenvalue weighted by atomic mass is 9.78. The lowest BCUT2D eigenvalue weighted by Gasteiger charge is -2.30. The number of ketones is 1. The predicted octanol–water partition coefficient (Wildman–Crippen LogP) is 6.06. The van der Waals surface area contributed by atoms with Crippen LogP contribution in [0.5, 0.6) is 5.75 Å². The van der Waals surface area contributed by atoms with E-state index in [-0.39, 0.29) is 17.7 Å². The molecule has 0 radical (unpaired) electrons. The molecule has 4 nitrogen and oxygen atoms in total. The lowest BCUT2D eigenvalue weighted by Crippen LogP contribution is -2.26. The molecule has 0 fully saturated rings. The van der Waals surface area contributed by atoms with Gasteiger partial charge in [0.2, 0.25) is 0 Å². The number of ether oxygens (including phenoxy) is 1. The maximum absolute atomic E-state index is 13.5. The molecule has 0 saturated carbocycles. The van der Waals surface area contributed by atoms with E-state index in [1.807, 2.05) is 55.5 Å². The third kappa shape index (κ3) is 3.81. The molecular weight excluding hydrogens is 384 g/mol. The molecule has 2 N–H and O–H groups in total. The van der Waals surface area contributed by atoms with Gasteiger partial charge in [-0.05, 0) is 54.7 Å². The first-order chi connectivity index (χ1) is 15.2. The van der Waals surface area contributed by atoms with Crippen molar-refractivity contribution in [1.29, 1.82) is 0 Å². The van der Waals surface area contributed by atoms with Crippen LogP contribution in [0.1, 0.15) is 42.9 Å². The van der Waals surface area contributed by atoms with Crippen LogP contribution in [0.2, 0.25) is 0 Å². The van der Waals surface area contributed by atoms with E-state index in [4.69, 9.17) is 4.74 Å². The second-order valence-corrected chi connectivity index (χ2v) is 8.08. The normalized spacial score (nSPS) is 20.1. The van der Waals surface area contributed by atoms with E-state index in [0.29, 0.717) is 13.0 Å². The van der Waals surface area contributed by atoms with E-state index in [1.54, 1.807) is 0 Å². The molecule has 0 saturated heterocycles. The van der Waals surface area contributed by atoms with Crippen LogP contribution in [0.3, 0.4) is 0 Å². The Morgan fingerprint density at radius 3 is 2.42 bits per heavy atom. The molecule has 4 heteroatoms. The Morgan fingerprint density at radius 2 is 1.61 bits per heavy atom. The van der Waals surface area contributed by atoms with Gasteiger partial charge in [-0.15, -0.1) is 0 Å². The van der Waals surface area contributed by atoms with Crippen LogP contribution >= 0.6 is 0 Å². The SMILES string of the molecule is CCOc1cccc([C@@H]2Nc3ccccc3NC3=C2C(=O)C[C@@H](c2ccccc2)C3)c1. The average Bonchev–Trinajstić information content (AvgIpc) is 2.97. The topological polar surface area (TPSA) is 50.4 Å². The Hall–Kier alpha value is -3.53. The van der Waals surface area contributed by atoms with Crippen LogP contribution in [0, 0.1) is 0 Å². The summed E-state index contributed by atoms with van der Waals surface area (Å²) in [5.41, 5.74) is 6.08. The molecule has 2 aliphatic rings. The molecule has 156 valence electrons. The number of carbonyl (C=O) groups is 1. The third-order valence-electron chi connectivity index (χ3n) is 6.08. The van der Waals surface area contributed by atoms with Crippen molar-refractivity contribution in [2.75, 3.05) is 17.2 Å². The van der Waals surface area contributed by atoms with Crippen molar-refractivity contribution in [2.24, 2.45) is 0 Å². The number of hydrogen-bond acceptors (Lipinski definition) is 4. The quantitative estimate of drug-likeness (QED) is 0.548. The highest BCUT2D eigenvalue weighted by Crippen LogP contribution is 2.44. The fourth-order valence-corrected chi connectivity index (χ4v) is 4.65. The Morgan fingerprint density at radius 1 is 0.871 bits per heavy atom. The fraction of sp³-hybridized carbons (Fsp3) is 0.222. The van der Waals surface area contributed by atoms with E-state index < -0.39 is 0 Å². The molecule has 1 aliphatic heterocycles. The van der Waals surface area contributed by atoms with Crippen molar-refractivity contribution in [2.45, 2.75) is 31.7 Å². The number of para-hydroxylation sites is 2. The number of anilines is 2. The summed E-state index contributed by atoms with van der Waals surface area (Å²) in [7, 11) is 0. The summed E-state index contributed by atoms with van der Waals surface area (Å²) in [6.07, 6.45) is 1.33. The second kappa shape index (κ2) is 8.31. The molecule has 0 amide bonds. The molecule has 0 spiro atoms. The van der Waals surface area contributed by atoms with E-state index in [1.165, 1.54) is 5.56 Å². The minimum Gasteiger partial charge on any atom is -0.494 e. The predicted molar refractivity (Wildman–Crippen MR) is 124 cm³/mol. The van der Waals surface area contributed by atoms with Gasteiger partial charge in [-0.2, -0.15) is 0 Å². The smallest absolute Gasteiger partial charge is 0.163 e. The third-order valence-corrected chi connectivity index (χ3v) is 6.08. The summed E-state index contributed by atoms with van der Waals surface area (Å²) in [6, 6.07) is 26.3. The minimum atomic E-state index is -0.226. The van der Waals surface area contributed by atoms with E-state index >= 15 is 0 Å². The maximum atomic E-state index is 13.5. The van der Waals surface area contributed by atoms with E-state index in [2.05, 4.69) is 41.0 Å². The molecule has 1 heterocycles. The highest BCUT2D eigenvalue weighted by Gasteiger charge is 2.36. The zero-order chi connectivity index (χ0) is 21.2. The van der Waals surface area contributed by atoms with Crippen LogP contribution in [0.15, 0.2) is 90.1 Å². The highest BCUT2D eigenvalue weighted by molar-refractivity contribution is 6.01. The number of fused-ring (bicyclic) bond motifs is 1. The molecule has 0 unspecified atom stereocenters. The first kappa shape index (κ1) is 19.4. The Kier molecular flexibility index (Phi) is 5.21. The number of hydrogen-bond donors (Lipinski definition) is 2. The Balaban J connectivity index is 1.60. The number of Topliss-reactive ketones (excluding diaryl/α,β-unsaturated/α-hetero) is 1. The molecule has 31 heavy (non-hydrogen) atoms. The number of allylic oxidation sites excluding steroid dienone is 1. The fourth-order valence-electron chi connectivity index (χ4n) is 4.65. The summed E-state index contributed by atoms with van der Waals surface area (Å²) in [5, 5.41) is 7.23. The zero-order valence-corrected chi connectivity index (χ0v) is 17.6. The van der Waals surface area contributed by atoms with Gasteiger partial charge in [0.15, 0.2) is 5.78 Å². The molecule has 0 bridgehead atoms. The lowest BCUT2D eigenvalue weighted by molar-refractivity contribution is -0.116. The van der Waals surface area contributed by atoms with Gasteiger partial charge in [-0.3, -0.25) is 4.79 Å². The van der Waals surface area contributed by atoms with Crippen molar-refractivity contribution < 1.29 is 9.53 Å². The first-order valence-corrected chi connectivity index (χ1v) is 10.9. The van der Waals surface area contributed by atoms with Gasteiger partial charge < -0.3 is 15.4 Å². The second-order valence-electron chi connectivity index (χ2n) is 8.08. The molecule has 2 atom stereocenters. The summed E-state index contributed by atoms with van der Waals surface area (Å²) < 4.78 is 5.73. The Labute approximate surface area is 183 Å². The van der Waals surface area contributed by atoms with Crippen LogP contribution in [0.25, 0.3) is 0 Å². The highest BCUT2D eigenvalue weighted by atomic mass is 16.5. The number of nitrogens with one attached hydrogen (secondary N) is 2. The van der Waals surface area contributed by atoms with Crippen molar-refractivity contribution in [3.05, 3.63) is 101 Å². The average molecular weight is 411 g/mol. The van der Waals surface area contributed by atoms with Crippen molar-refractivity contribution >= 4 is 17.2 Å². The molecular formula is C27H26N2O2. The van der Waals surface area contributed by atoms with Crippen molar-refractivity contribution in [3.8, 4) is 5.75 Å². The standard InChI is InChI=1S/C27H26N2O2/c1-2-31-21-12-8-11-19(15-21)27-26-24(28-22-13-6-7-14-23(22)29-27)16-20(17-25(26)30)18-9-4-3-5-10-18/h3-15,20,27-29H,2,16-17H2,1H3/t20-,27-/m0/s1. The molecule has 1 aliphatic carbocycles. The van der Waals surface area contributed by atoms with E-state index in [9.17, 15) is 4.79 Å². The van der Waals surface area contributed by atoms with Crippen LogP contribution in [-0.2, 0) is 4.79 Å². The Bertz CT molecular complexity index is 1140. The summed E-state index contributed by atoms with van der Waals surface area (Å²) in [6.45, 7) is 2.59. The van der Waals surface area contributed by atoms with Crippen LogP contribution in [-0.4, -0.2) is 12.4 Å². The van der Waals surface area contributed by atoms with Crippen molar-refractivity contribution in [3.63, 3.8) is 0 Å². The van der Waals surface area contributed by atoms with E-state index in [0.717, 1.165) is 40.4 Å². The van der Waals surface area contributed by atoms with Gasteiger partial charge in [0.25, 0.3) is 0 Å². The number of carbonyl (C=O) groups excluding carboxylic acids is 1. The molecule has 0 aromatic heterocycles. The maximum Gasteiger partial charge on any atom is 0.163 e. The summed E-state index contributed by atoms with van der Waals surface area (Å²) in [5.74, 6) is 1.19. The summed E-state index contributed by atoms with van der Waals surface area (Å²) in [4.78, 5) is 13.5. The summed E-state index contributed by atoms with van der Waals surface area (Å²) >= 11 is 0. The minimum absolute atomic E-state index is 0.181. The van der Waals surface area contributed by atoms with Gasteiger partial charge in [-0.1, -0.05) is 54.6 Å². The monoisotopic (exact) mass is 410 g/mol. The van der Waals surface area contributed by atoms with Crippen molar-refractivity contribution in [1.82, 2.24) is 0 Å². The molecule has 3 aromatic rings. The molecule has 5 rings (SSSR count).